The zero-order valence-corrected chi connectivity index (χ0v) is 23.0. The van der Waals surface area contributed by atoms with Gasteiger partial charge in [0, 0.05) is 31.2 Å². The number of carbonyl (C=O) groups excluding carboxylic acids is 4. The quantitative estimate of drug-likeness (QED) is 0.341. The van der Waals surface area contributed by atoms with Crippen LogP contribution in [0.2, 0.25) is 0 Å². The van der Waals surface area contributed by atoms with E-state index in [1.807, 2.05) is 0 Å². The summed E-state index contributed by atoms with van der Waals surface area (Å²) < 4.78 is 59.2. The van der Waals surface area contributed by atoms with Crippen molar-refractivity contribution < 1.29 is 41.2 Å². The molecule has 2 aliphatic rings. The highest BCUT2D eigenvalue weighted by Crippen LogP contribution is 2.41. The number of carbonyl (C=O) groups is 4. The number of amides is 5. The average molecular weight is 589 g/mol. The van der Waals surface area contributed by atoms with Crippen molar-refractivity contribution >= 4 is 40.4 Å². The topological polar surface area (TPSA) is 103 Å². The lowest BCUT2D eigenvalue weighted by molar-refractivity contribution is -0.139. The van der Waals surface area contributed by atoms with Gasteiger partial charge in [0.2, 0.25) is 5.91 Å². The maximum atomic E-state index is 14.3. The van der Waals surface area contributed by atoms with Crippen molar-refractivity contribution in [3.63, 3.8) is 0 Å². The molecule has 1 aromatic heterocycles. The summed E-state index contributed by atoms with van der Waals surface area (Å²) in [6.45, 7) is 3.40. The molecule has 2 saturated heterocycles. The number of fused-ring (bicyclic) bond motifs is 1. The molecule has 5 amide bonds. The van der Waals surface area contributed by atoms with Gasteiger partial charge in [-0.15, -0.1) is 0 Å². The third kappa shape index (κ3) is 4.86. The second-order valence-corrected chi connectivity index (χ2v) is 10.9. The lowest BCUT2D eigenvalue weighted by Crippen LogP contribution is -2.60. The molecule has 0 bridgehead atoms. The van der Waals surface area contributed by atoms with Gasteiger partial charge in [-0.2, -0.15) is 13.2 Å². The zero-order valence-electron chi connectivity index (χ0n) is 23.0. The molecule has 1 N–H and O–H groups in total. The number of halogens is 4. The molecule has 1 spiro atoms. The maximum Gasteiger partial charge on any atom is 0.416 e. The van der Waals surface area contributed by atoms with Crippen LogP contribution in [0.3, 0.4) is 0 Å². The van der Waals surface area contributed by atoms with Gasteiger partial charge in [0.15, 0.2) is 0 Å². The number of alkyl halides is 3. The van der Waals surface area contributed by atoms with Crippen molar-refractivity contribution in [1.29, 1.82) is 0 Å². The summed E-state index contributed by atoms with van der Waals surface area (Å²) in [7, 11) is 1.40. The van der Waals surface area contributed by atoms with Gasteiger partial charge in [0.1, 0.15) is 23.0 Å². The molecule has 0 radical (unpaired) electrons. The summed E-state index contributed by atoms with van der Waals surface area (Å²) in [5, 5.41) is 3.14. The third-order valence-corrected chi connectivity index (χ3v) is 7.96. The lowest BCUT2D eigenvalue weighted by Gasteiger charge is -2.43. The molecule has 0 saturated carbocycles. The first-order chi connectivity index (χ1) is 19.7. The summed E-state index contributed by atoms with van der Waals surface area (Å²) in [4.78, 5) is 57.0. The second kappa shape index (κ2) is 10.4. The number of anilines is 1. The van der Waals surface area contributed by atoms with Crippen LogP contribution in [0.15, 0.2) is 53.1 Å². The summed E-state index contributed by atoms with van der Waals surface area (Å²) in [5.74, 6) is -3.74. The number of likely N-dealkylation sites (N-methyl/N-ethyl adjacent to an activating group) is 1. The standard InChI is InChI=1S/C29H28F4N4O5/c1-16(2)23(34-24(38)20-15-18(29(31,32)33)4-6-21(20)30)25(39)36-11-9-28(10-12-36)26(40)35(3)27(41)37(28)19-5-7-22-17(14-19)8-13-42-22/h4-8,13-16,23H,9-12H2,1-3H3,(H,34,38). The molecule has 13 heteroatoms. The first-order valence-electron chi connectivity index (χ1n) is 13.3. The van der Waals surface area contributed by atoms with Crippen molar-refractivity contribution in [2.75, 3.05) is 25.0 Å². The molecule has 3 heterocycles. The van der Waals surface area contributed by atoms with Crippen molar-refractivity contribution in [1.82, 2.24) is 15.1 Å². The largest absolute Gasteiger partial charge is 0.464 e. The Morgan fingerprint density at radius 1 is 1.02 bits per heavy atom. The van der Waals surface area contributed by atoms with E-state index < -0.39 is 64.4 Å². The van der Waals surface area contributed by atoms with Crippen molar-refractivity contribution in [3.8, 4) is 0 Å². The number of piperidine rings is 1. The Hall–Kier alpha value is -4.42. The van der Waals surface area contributed by atoms with Gasteiger partial charge in [0.25, 0.3) is 11.8 Å². The lowest BCUT2D eigenvalue weighted by atomic mass is 9.85. The van der Waals surface area contributed by atoms with Crippen LogP contribution in [0, 0.1) is 11.7 Å². The van der Waals surface area contributed by atoms with E-state index in [2.05, 4.69) is 5.32 Å². The summed E-state index contributed by atoms with van der Waals surface area (Å²) >= 11 is 0. The molecule has 9 nitrogen and oxygen atoms in total. The Morgan fingerprint density at radius 3 is 2.36 bits per heavy atom. The van der Waals surface area contributed by atoms with Gasteiger partial charge in [-0.3, -0.25) is 24.2 Å². The van der Waals surface area contributed by atoms with E-state index in [4.69, 9.17) is 4.42 Å². The van der Waals surface area contributed by atoms with Gasteiger partial charge >= 0.3 is 12.2 Å². The summed E-state index contributed by atoms with van der Waals surface area (Å²) in [6.07, 6.45) is -3.05. The van der Waals surface area contributed by atoms with Gasteiger partial charge in [-0.05, 0) is 61.2 Å². The number of hydrogen-bond acceptors (Lipinski definition) is 5. The highest BCUT2D eigenvalue weighted by atomic mass is 19.4. The van der Waals surface area contributed by atoms with E-state index in [0.29, 0.717) is 29.5 Å². The van der Waals surface area contributed by atoms with Crippen LogP contribution in [0.5, 0.6) is 0 Å². The predicted molar refractivity (Wildman–Crippen MR) is 143 cm³/mol. The Kier molecular flexibility index (Phi) is 7.23. The fourth-order valence-electron chi connectivity index (χ4n) is 5.62. The third-order valence-electron chi connectivity index (χ3n) is 7.96. The first kappa shape index (κ1) is 29.1. The van der Waals surface area contributed by atoms with Gasteiger partial charge in [-0.1, -0.05) is 13.8 Å². The Morgan fingerprint density at radius 2 is 1.71 bits per heavy atom. The number of urea groups is 1. The smallest absolute Gasteiger partial charge is 0.416 e. The SMILES string of the molecule is CC(C)C(NC(=O)c1cc(C(F)(F)F)ccc1F)C(=O)N1CCC2(CC1)C(=O)N(C)C(=O)N2c1ccc2occc2c1. The Balaban J connectivity index is 1.35. The Labute approximate surface area is 238 Å². The normalized spacial score (nSPS) is 18.0. The number of hydrogen-bond donors (Lipinski definition) is 1. The highest BCUT2D eigenvalue weighted by Gasteiger charge is 2.58. The van der Waals surface area contributed by atoms with E-state index in [0.717, 1.165) is 10.3 Å². The maximum absolute atomic E-state index is 14.3. The van der Waals surface area contributed by atoms with Gasteiger partial charge in [-0.25, -0.2) is 9.18 Å². The second-order valence-electron chi connectivity index (χ2n) is 10.9. The molecule has 2 aromatic carbocycles. The van der Waals surface area contributed by atoms with Gasteiger partial charge < -0.3 is 14.6 Å². The number of benzene rings is 2. The monoisotopic (exact) mass is 588 g/mol. The van der Waals surface area contributed by atoms with Crippen LogP contribution in [0.25, 0.3) is 11.0 Å². The van der Waals surface area contributed by atoms with Gasteiger partial charge in [0.05, 0.1) is 17.4 Å². The first-order valence-corrected chi connectivity index (χ1v) is 13.3. The van der Waals surface area contributed by atoms with E-state index in [1.54, 1.807) is 38.1 Å². The van der Waals surface area contributed by atoms with Crippen LogP contribution in [-0.2, 0) is 15.8 Å². The molecule has 0 aliphatic carbocycles. The van der Waals surface area contributed by atoms with E-state index in [9.17, 15) is 36.7 Å². The average Bonchev–Trinajstić information content (AvgIpc) is 3.48. The summed E-state index contributed by atoms with van der Waals surface area (Å²) in [6, 6.07) is 6.70. The van der Waals surface area contributed by atoms with Crippen LogP contribution in [-0.4, -0.2) is 65.3 Å². The fraction of sp³-hybridized carbons (Fsp3) is 0.379. The van der Waals surface area contributed by atoms with Crippen LogP contribution in [0.4, 0.5) is 28.0 Å². The number of furan rings is 1. The molecule has 1 unspecified atom stereocenters. The minimum absolute atomic E-state index is 0.0627. The molecule has 1 atom stereocenters. The highest BCUT2D eigenvalue weighted by molar-refractivity contribution is 6.17. The number of likely N-dealkylation sites (tertiary alicyclic amines) is 1. The van der Waals surface area contributed by atoms with E-state index in [-0.39, 0.29) is 25.9 Å². The van der Waals surface area contributed by atoms with Crippen molar-refractivity contribution in [2.45, 2.75) is 44.4 Å². The van der Waals surface area contributed by atoms with Crippen molar-refractivity contribution in [2.24, 2.45) is 5.92 Å². The fourth-order valence-corrected chi connectivity index (χ4v) is 5.62. The predicted octanol–water partition coefficient (Wildman–Crippen LogP) is 4.80. The molecule has 42 heavy (non-hydrogen) atoms. The molecular formula is C29H28F4N4O5. The molecule has 5 rings (SSSR count). The van der Waals surface area contributed by atoms with Crippen molar-refractivity contribution in [3.05, 3.63) is 65.7 Å². The zero-order chi connectivity index (χ0) is 30.6. The number of nitrogens with one attached hydrogen (secondary N) is 1. The number of imide groups is 1. The number of rotatable bonds is 5. The van der Waals surface area contributed by atoms with E-state index in [1.165, 1.54) is 23.1 Å². The minimum Gasteiger partial charge on any atom is -0.464 e. The molecule has 3 aromatic rings. The van der Waals surface area contributed by atoms with Crippen LogP contribution < -0.4 is 10.2 Å². The molecule has 222 valence electrons. The molecule has 2 aliphatic heterocycles. The minimum atomic E-state index is -4.79. The van der Waals surface area contributed by atoms with Crippen LogP contribution >= 0.6 is 0 Å². The summed E-state index contributed by atoms with van der Waals surface area (Å²) in [5.41, 5.74) is -2.14. The Bertz CT molecular complexity index is 1580. The number of nitrogens with zero attached hydrogens (tertiary/aromatic N) is 3. The van der Waals surface area contributed by atoms with Crippen LogP contribution in [0.1, 0.15) is 42.6 Å². The van der Waals surface area contributed by atoms with E-state index >= 15 is 0 Å². The molecular weight excluding hydrogens is 560 g/mol. The molecule has 2 fully saturated rings.